The first-order valence-corrected chi connectivity index (χ1v) is 9.30. The highest BCUT2D eigenvalue weighted by atomic mass is 16.3. The van der Waals surface area contributed by atoms with Crippen LogP contribution in [0.25, 0.3) is 0 Å². The first kappa shape index (κ1) is 18.9. The van der Waals surface area contributed by atoms with Crippen molar-refractivity contribution in [2.45, 2.75) is 69.4 Å². The molecule has 3 heteroatoms. The largest absolute Gasteiger partial charge is 0.396 e. The van der Waals surface area contributed by atoms with Gasteiger partial charge in [-0.3, -0.25) is 4.99 Å². The Morgan fingerprint density at radius 1 is 1.00 bits per heavy atom. The van der Waals surface area contributed by atoms with Crippen LogP contribution in [0.4, 0.5) is 0 Å². The normalized spacial score (nSPS) is 20.6. The van der Waals surface area contributed by atoms with E-state index in [9.17, 15) is 5.11 Å². The molecule has 1 aromatic carbocycles. The predicted molar refractivity (Wildman–Crippen MR) is 101 cm³/mol. The van der Waals surface area contributed by atoms with Crippen molar-refractivity contribution in [1.82, 2.24) is 0 Å². The number of aliphatic hydroxyl groups is 2. The van der Waals surface area contributed by atoms with E-state index in [1.165, 1.54) is 5.56 Å². The van der Waals surface area contributed by atoms with Crippen molar-refractivity contribution in [3.63, 3.8) is 0 Å². The van der Waals surface area contributed by atoms with Gasteiger partial charge in [-0.1, -0.05) is 62.1 Å². The predicted octanol–water partition coefficient (Wildman–Crippen LogP) is 4.08. The molecular weight excluding hydrogens is 298 g/mol. The summed E-state index contributed by atoms with van der Waals surface area (Å²) in [6.07, 6.45) is 14.5. The summed E-state index contributed by atoms with van der Waals surface area (Å²) < 4.78 is 0. The lowest BCUT2D eigenvalue weighted by molar-refractivity contribution is 0.129. The Morgan fingerprint density at radius 3 is 2.46 bits per heavy atom. The molecule has 0 saturated carbocycles. The molecule has 1 aromatic rings. The zero-order valence-corrected chi connectivity index (χ0v) is 14.6. The number of allylic oxidation sites excluding steroid dienone is 1. The molecule has 1 heterocycles. The molecule has 0 saturated heterocycles. The van der Waals surface area contributed by atoms with Crippen LogP contribution in [0.3, 0.4) is 0 Å². The van der Waals surface area contributed by atoms with E-state index in [-0.39, 0.29) is 18.2 Å². The second-order valence-corrected chi connectivity index (χ2v) is 6.86. The minimum atomic E-state index is -0.293. The lowest BCUT2D eigenvalue weighted by Gasteiger charge is -2.27. The maximum atomic E-state index is 10.4. The summed E-state index contributed by atoms with van der Waals surface area (Å²) in [4.78, 5) is 4.67. The van der Waals surface area contributed by atoms with E-state index in [2.05, 4.69) is 35.3 Å². The second-order valence-electron chi connectivity index (χ2n) is 6.86. The first-order chi connectivity index (χ1) is 11.7. The second kappa shape index (κ2) is 10.4. The van der Waals surface area contributed by atoms with Gasteiger partial charge in [0.2, 0.25) is 0 Å². The summed E-state index contributed by atoms with van der Waals surface area (Å²) >= 11 is 0. The first-order valence-electron chi connectivity index (χ1n) is 9.30. The standard InChI is InChI=1S/C21H31NO2/c23-17-8-3-1-2-7-12-20(24)18-21(14-9-16-22-21)15-13-19-10-5-4-6-11-19/h4-6,9-11,14,16,20,23-24H,1-3,7-8,12-13,15,17-18H2. The lowest BCUT2D eigenvalue weighted by Crippen LogP contribution is -2.29. The Kier molecular flexibility index (Phi) is 8.20. The fraction of sp³-hybridized carbons (Fsp3) is 0.571. The molecule has 1 aliphatic rings. The molecule has 0 bridgehead atoms. The molecule has 3 nitrogen and oxygen atoms in total. The number of aryl methyl sites for hydroxylation is 1. The lowest BCUT2D eigenvalue weighted by atomic mass is 9.85. The molecule has 0 aromatic heterocycles. The van der Waals surface area contributed by atoms with Gasteiger partial charge >= 0.3 is 0 Å². The number of benzene rings is 1. The van der Waals surface area contributed by atoms with Gasteiger partial charge in [-0.15, -0.1) is 0 Å². The van der Waals surface area contributed by atoms with Gasteiger partial charge in [0.1, 0.15) is 0 Å². The highest BCUT2D eigenvalue weighted by Gasteiger charge is 2.30. The van der Waals surface area contributed by atoms with E-state index < -0.39 is 0 Å². The van der Waals surface area contributed by atoms with Crippen LogP contribution in [0.5, 0.6) is 0 Å². The molecule has 0 fully saturated rings. The average Bonchev–Trinajstić information content (AvgIpc) is 3.06. The fourth-order valence-electron chi connectivity index (χ4n) is 3.37. The summed E-state index contributed by atoms with van der Waals surface area (Å²) in [7, 11) is 0. The Hall–Kier alpha value is -1.45. The van der Waals surface area contributed by atoms with Crippen molar-refractivity contribution in [2.75, 3.05) is 6.61 Å². The third kappa shape index (κ3) is 6.58. The number of hydrogen-bond donors (Lipinski definition) is 2. The number of aliphatic hydroxyl groups excluding tert-OH is 2. The summed E-state index contributed by atoms with van der Waals surface area (Å²) in [6.45, 7) is 0.289. The minimum Gasteiger partial charge on any atom is -0.396 e. The summed E-state index contributed by atoms with van der Waals surface area (Å²) in [6, 6.07) is 10.5. The third-order valence-electron chi connectivity index (χ3n) is 4.80. The van der Waals surface area contributed by atoms with Crippen molar-refractivity contribution < 1.29 is 10.2 Å². The summed E-state index contributed by atoms with van der Waals surface area (Å²) in [5.74, 6) is 0. The van der Waals surface area contributed by atoms with E-state index >= 15 is 0 Å². The molecule has 2 rings (SSSR count). The van der Waals surface area contributed by atoms with Crippen LogP contribution in [0, 0.1) is 0 Å². The van der Waals surface area contributed by atoms with Crippen LogP contribution in [0.2, 0.25) is 0 Å². The van der Waals surface area contributed by atoms with E-state index in [4.69, 9.17) is 5.11 Å². The van der Waals surface area contributed by atoms with Gasteiger partial charge < -0.3 is 10.2 Å². The monoisotopic (exact) mass is 329 g/mol. The molecular formula is C21H31NO2. The molecule has 1 aliphatic heterocycles. The quantitative estimate of drug-likeness (QED) is 0.568. The number of unbranched alkanes of at least 4 members (excludes halogenated alkanes) is 4. The van der Waals surface area contributed by atoms with Crippen molar-refractivity contribution >= 4 is 6.21 Å². The fourth-order valence-corrected chi connectivity index (χ4v) is 3.37. The molecule has 2 atom stereocenters. The van der Waals surface area contributed by atoms with Crippen LogP contribution < -0.4 is 0 Å². The van der Waals surface area contributed by atoms with Gasteiger partial charge in [-0.2, -0.15) is 0 Å². The van der Waals surface area contributed by atoms with Crippen molar-refractivity contribution in [1.29, 1.82) is 0 Å². The van der Waals surface area contributed by atoms with Crippen LogP contribution in [0.1, 0.15) is 56.9 Å². The SMILES string of the molecule is OCCCCCCCC(O)CC1(CCc2ccccc2)C=CC=N1. The molecule has 0 spiro atoms. The molecule has 0 aliphatic carbocycles. The smallest absolute Gasteiger partial charge is 0.0818 e. The maximum absolute atomic E-state index is 10.4. The van der Waals surface area contributed by atoms with E-state index in [1.807, 2.05) is 18.4 Å². The van der Waals surface area contributed by atoms with Gasteiger partial charge in [0, 0.05) is 19.2 Å². The highest BCUT2D eigenvalue weighted by Crippen LogP contribution is 2.30. The topological polar surface area (TPSA) is 52.8 Å². The Bertz CT molecular complexity index is 498. The molecule has 0 amide bonds. The van der Waals surface area contributed by atoms with Crippen LogP contribution in [0.15, 0.2) is 47.5 Å². The molecule has 0 radical (unpaired) electrons. The van der Waals surface area contributed by atoms with Crippen molar-refractivity contribution in [3.8, 4) is 0 Å². The van der Waals surface area contributed by atoms with E-state index in [0.717, 1.165) is 51.4 Å². The van der Waals surface area contributed by atoms with Gasteiger partial charge in [-0.25, -0.2) is 0 Å². The molecule has 24 heavy (non-hydrogen) atoms. The van der Waals surface area contributed by atoms with Crippen LogP contribution in [-0.2, 0) is 6.42 Å². The average molecular weight is 329 g/mol. The van der Waals surface area contributed by atoms with Crippen molar-refractivity contribution in [2.24, 2.45) is 4.99 Å². The zero-order chi connectivity index (χ0) is 17.1. The number of hydrogen-bond acceptors (Lipinski definition) is 3. The van der Waals surface area contributed by atoms with Gasteiger partial charge in [0.05, 0.1) is 11.6 Å². The highest BCUT2D eigenvalue weighted by molar-refractivity contribution is 5.75. The maximum Gasteiger partial charge on any atom is 0.0818 e. The van der Waals surface area contributed by atoms with E-state index in [0.29, 0.717) is 6.42 Å². The Balaban J connectivity index is 1.74. The third-order valence-corrected chi connectivity index (χ3v) is 4.80. The van der Waals surface area contributed by atoms with Gasteiger partial charge in [-0.05, 0) is 37.3 Å². The molecule has 132 valence electrons. The summed E-state index contributed by atoms with van der Waals surface area (Å²) in [5.41, 5.74) is 1.09. The number of rotatable bonds is 12. The van der Waals surface area contributed by atoms with E-state index in [1.54, 1.807) is 0 Å². The molecule has 2 unspecified atom stereocenters. The van der Waals surface area contributed by atoms with Gasteiger partial charge in [0.15, 0.2) is 0 Å². The minimum absolute atomic E-state index is 0.230. The number of nitrogens with zero attached hydrogens (tertiary/aromatic N) is 1. The van der Waals surface area contributed by atoms with Crippen LogP contribution in [-0.4, -0.2) is 34.7 Å². The van der Waals surface area contributed by atoms with Crippen molar-refractivity contribution in [3.05, 3.63) is 48.0 Å². The van der Waals surface area contributed by atoms with Crippen LogP contribution >= 0.6 is 0 Å². The molecule has 2 N–H and O–H groups in total. The zero-order valence-electron chi connectivity index (χ0n) is 14.6. The Labute approximate surface area is 146 Å². The number of aliphatic imine (C=N–C) groups is 1. The summed E-state index contributed by atoms with van der Waals surface area (Å²) in [5, 5.41) is 19.2. The van der Waals surface area contributed by atoms with Gasteiger partial charge in [0.25, 0.3) is 0 Å². The Morgan fingerprint density at radius 2 is 1.75 bits per heavy atom.